The number of hydrogen-bond donors (Lipinski definition) is 0. The number of halogens is 4. The maximum atomic E-state index is 10.6. The molecular formula is C20H19Cl4NO4. The third-order valence-electron chi connectivity index (χ3n) is 3.78. The van der Waals surface area contributed by atoms with Gasteiger partial charge < -0.3 is 14.2 Å². The Bertz CT molecular complexity index is 816. The summed E-state index contributed by atoms with van der Waals surface area (Å²) in [7, 11) is 0. The van der Waals surface area contributed by atoms with Crippen molar-refractivity contribution in [1.29, 1.82) is 0 Å². The second kappa shape index (κ2) is 12.1. The van der Waals surface area contributed by atoms with Gasteiger partial charge in [0.2, 0.25) is 0 Å². The molecule has 0 saturated carbocycles. The molecule has 0 bridgehead atoms. The zero-order valence-corrected chi connectivity index (χ0v) is 18.6. The van der Waals surface area contributed by atoms with Crippen molar-refractivity contribution in [3.63, 3.8) is 0 Å². The van der Waals surface area contributed by atoms with Crippen LogP contribution in [0.25, 0.3) is 0 Å². The summed E-state index contributed by atoms with van der Waals surface area (Å²) < 4.78 is 16.9. The highest BCUT2D eigenvalue weighted by Gasteiger charge is 2.11. The second-order valence-corrected chi connectivity index (χ2v) is 7.74. The van der Waals surface area contributed by atoms with Gasteiger partial charge in [0.1, 0.15) is 28.6 Å². The van der Waals surface area contributed by atoms with Crippen LogP contribution in [0.3, 0.4) is 0 Å². The molecule has 0 aliphatic rings. The van der Waals surface area contributed by atoms with Crippen molar-refractivity contribution in [2.24, 2.45) is 5.18 Å². The Balaban J connectivity index is 1.78. The SMILES string of the molecule is CC(N=O)c1ccc(OCCCOc2c(Cl)cc(OCC=C(Cl)Cl)cc2Cl)cc1. The van der Waals surface area contributed by atoms with Gasteiger partial charge in [0, 0.05) is 18.6 Å². The topological polar surface area (TPSA) is 57.1 Å². The average Bonchev–Trinajstić information content (AvgIpc) is 2.69. The number of nitrogens with zero attached hydrogens (tertiary/aromatic N) is 1. The fourth-order valence-electron chi connectivity index (χ4n) is 2.29. The minimum Gasteiger partial charge on any atom is -0.493 e. The molecule has 1 atom stereocenters. The van der Waals surface area contributed by atoms with Gasteiger partial charge in [0.15, 0.2) is 5.75 Å². The largest absolute Gasteiger partial charge is 0.493 e. The highest BCUT2D eigenvalue weighted by atomic mass is 35.5. The van der Waals surface area contributed by atoms with Crippen LogP contribution in [0, 0.1) is 4.91 Å². The van der Waals surface area contributed by atoms with Crippen LogP contribution >= 0.6 is 46.4 Å². The minimum atomic E-state index is -0.377. The fourth-order valence-corrected chi connectivity index (χ4v) is 2.99. The van der Waals surface area contributed by atoms with Crippen molar-refractivity contribution in [2.45, 2.75) is 19.4 Å². The first-order valence-corrected chi connectivity index (χ1v) is 10.2. The predicted molar refractivity (Wildman–Crippen MR) is 118 cm³/mol. The molecule has 0 aliphatic heterocycles. The number of nitroso groups, excluding NO2 is 1. The third-order valence-corrected chi connectivity index (χ3v) is 4.65. The molecular weight excluding hydrogens is 460 g/mol. The van der Waals surface area contributed by atoms with E-state index in [1.807, 2.05) is 12.1 Å². The lowest BCUT2D eigenvalue weighted by Gasteiger charge is -2.13. The second-order valence-electron chi connectivity index (χ2n) is 5.92. The van der Waals surface area contributed by atoms with Crippen molar-refractivity contribution in [3.8, 4) is 17.2 Å². The summed E-state index contributed by atoms with van der Waals surface area (Å²) in [6, 6.07) is 10.1. The summed E-state index contributed by atoms with van der Waals surface area (Å²) in [5.41, 5.74) is 0.842. The van der Waals surface area contributed by atoms with Crippen LogP contribution in [-0.4, -0.2) is 19.8 Å². The molecule has 5 nitrogen and oxygen atoms in total. The van der Waals surface area contributed by atoms with Crippen molar-refractivity contribution in [3.05, 3.63) is 67.5 Å². The quantitative estimate of drug-likeness (QED) is 0.250. The van der Waals surface area contributed by atoms with E-state index in [1.54, 1.807) is 31.2 Å². The molecule has 2 aromatic rings. The lowest BCUT2D eigenvalue weighted by Crippen LogP contribution is -2.06. The summed E-state index contributed by atoms with van der Waals surface area (Å²) in [5.74, 6) is 1.56. The van der Waals surface area contributed by atoms with E-state index in [1.165, 1.54) is 6.08 Å². The summed E-state index contributed by atoms with van der Waals surface area (Å²) in [6.07, 6.45) is 2.13. The Morgan fingerprint density at radius 1 is 1.00 bits per heavy atom. The Morgan fingerprint density at radius 3 is 2.21 bits per heavy atom. The van der Waals surface area contributed by atoms with E-state index in [2.05, 4.69) is 5.18 Å². The molecule has 2 aromatic carbocycles. The van der Waals surface area contributed by atoms with Crippen molar-refractivity contribution >= 4 is 46.4 Å². The van der Waals surface area contributed by atoms with Crippen LogP contribution in [0.5, 0.6) is 17.2 Å². The standard InChI is InChI=1S/C20H19Cl4NO4/c1-13(25-26)14-3-5-15(6-4-14)27-8-2-9-29-20-17(21)11-16(12-18(20)22)28-10-7-19(23)24/h3-7,11-13H,2,8-10H2,1H3. The lowest BCUT2D eigenvalue weighted by atomic mass is 10.1. The van der Waals surface area contributed by atoms with Crippen molar-refractivity contribution in [1.82, 2.24) is 0 Å². The maximum Gasteiger partial charge on any atom is 0.156 e. The zero-order valence-electron chi connectivity index (χ0n) is 15.5. The molecule has 0 N–H and O–H groups in total. The number of rotatable bonds is 11. The third kappa shape index (κ3) is 7.94. The van der Waals surface area contributed by atoms with Gasteiger partial charge in [0.05, 0.1) is 23.3 Å². The maximum absolute atomic E-state index is 10.6. The Hall–Kier alpha value is -1.66. The first-order chi connectivity index (χ1) is 13.9. The molecule has 0 aliphatic carbocycles. The Labute approximate surface area is 189 Å². The van der Waals surface area contributed by atoms with E-state index < -0.39 is 0 Å². The van der Waals surface area contributed by atoms with Gasteiger partial charge >= 0.3 is 0 Å². The first kappa shape index (κ1) is 23.6. The first-order valence-electron chi connectivity index (χ1n) is 8.71. The normalized spacial score (nSPS) is 11.5. The van der Waals surface area contributed by atoms with Crippen molar-refractivity contribution in [2.75, 3.05) is 19.8 Å². The lowest BCUT2D eigenvalue weighted by molar-refractivity contribution is 0.247. The summed E-state index contributed by atoms with van der Waals surface area (Å²) in [6.45, 7) is 2.75. The van der Waals surface area contributed by atoms with Gasteiger partial charge in [-0.25, -0.2) is 0 Å². The molecule has 0 fully saturated rings. The van der Waals surface area contributed by atoms with E-state index >= 15 is 0 Å². The number of hydrogen-bond acceptors (Lipinski definition) is 5. The summed E-state index contributed by atoms with van der Waals surface area (Å²) in [4.78, 5) is 10.6. The molecule has 0 spiro atoms. The Morgan fingerprint density at radius 2 is 1.62 bits per heavy atom. The molecule has 156 valence electrons. The van der Waals surface area contributed by atoms with Gasteiger partial charge in [-0.3, -0.25) is 0 Å². The van der Waals surface area contributed by atoms with Gasteiger partial charge in [-0.1, -0.05) is 63.7 Å². The van der Waals surface area contributed by atoms with Crippen LogP contribution in [0.4, 0.5) is 0 Å². The smallest absolute Gasteiger partial charge is 0.156 e. The molecule has 9 heteroatoms. The number of benzene rings is 2. The van der Waals surface area contributed by atoms with Crippen LogP contribution in [0.15, 0.2) is 52.1 Å². The fraction of sp³-hybridized carbons (Fsp3) is 0.300. The molecule has 29 heavy (non-hydrogen) atoms. The number of ether oxygens (including phenoxy) is 3. The molecule has 1 unspecified atom stereocenters. The molecule has 0 aromatic heterocycles. The molecule has 0 radical (unpaired) electrons. The predicted octanol–water partition coefficient (Wildman–Crippen LogP) is 7.37. The van der Waals surface area contributed by atoms with Crippen molar-refractivity contribution < 1.29 is 14.2 Å². The van der Waals surface area contributed by atoms with E-state index in [4.69, 9.17) is 60.6 Å². The molecule has 2 rings (SSSR count). The van der Waals surface area contributed by atoms with Crippen LogP contribution in [-0.2, 0) is 0 Å². The van der Waals surface area contributed by atoms with E-state index in [9.17, 15) is 4.91 Å². The van der Waals surface area contributed by atoms with Crippen LogP contribution < -0.4 is 14.2 Å². The Kier molecular flexibility index (Phi) is 9.88. The van der Waals surface area contributed by atoms with Gasteiger partial charge in [-0.15, -0.1) is 0 Å². The van der Waals surface area contributed by atoms with Crippen LogP contribution in [0.1, 0.15) is 24.9 Å². The van der Waals surface area contributed by atoms with Gasteiger partial charge in [0.25, 0.3) is 0 Å². The summed E-state index contributed by atoms with van der Waals surface area (Å²) >= 11 is 23.5. The van der Waals surface area contributed by atoms with Crippen LogP contribution in [0.2, 0.25) is 10.0 Å². The zero-order chi connectivity index (χ0) is 21.2. The van der Waals surface area contributed by atoms with Gasteiger partial charge in [-0.05, 0) is 30.7 Å². The average molecular weight is 479 g/mol. The van der Waals surface area contributed by atoms with E-state index in [0.29, 0.717) is 46.9 Å². The minimum absolute atomic E-state index is 0.118. The summed E-state index contributed by atoms with van der Waals surface area (Å²) in [5, 5.41) is 3.67. The van der Waals surface area contributed by atoms with E-state index in [-0.39, 0.29) is 17.1 Å². The molecule has 0 amide bonds. The highest BCUT2D eigenvalue weighted by Crippen LogP contribution is 2.37. The monoisotopic (exact) mass is 477 g/mol. The van der Waals surface area contributed by atoms with Gasteiger partial charge in [-0.2, -0.15) is 4.91 Å². The molecule has 0 saturated heterocycles. The molecule has 0 heterocycles. The highest BCUT2D eigenvalue weighted by molar-refractivity contribution is 6.55. The van der Waals surface area contributed by atoms with E-state index in [0.717, 1.165) is 5.56 Å².